The summed E-state index contributed by atoms with van der Waals surface area (Å²) in [6.07, 6.45) is 7.51. The third-order valence-corrected chi connectivity index (χ3v) is 6.66. The van der Waals surface area contributed by atoms with Crippen LogP contribution in [0.25, 0.3) is 52.0 Å². The number of hydrogen-bond donors (Lipinski definition) is 0. The molecule has 6 heteroatoms. The first-order valence-electron chi connectivity index (χ1n) is 8.14. The SMILES string of the molecule is c1cnc2c(c1)sc1ncc(-c3cc4sc5ncccc5c4cn3)cc12. The van der Waals surface area contributed by atoms with Crippen molar-refractivity contribution in [2.24, 2.45) is 0 Å². The molecule has 6 aromatic rings. The average Bonchev–Trinajstić information content (AvgIpc) is 3.25. The van der Waals surface area contributed by atoms with Gasteiger partial charge >= 0.3 is 0 Å². The number of fused-ring (bicyclic) bond motifs is 6. The van der Waals surface area contributed by atoms with Crippen LogP contribution in [-0.4, -0.2) is 19.9 Å². The molecule has 0 aliphatic carbocycles. The summed E-state index contributed by atoms with van der Waals surface area (Å²) in [6.45, 7) is 0. The number of rotatable bonds is 1. The van der Waals surface area contributed by atoms with Crippen LogP contribution < -0.4 is 0 Å². The minimum Gasteiger partial charge on any atom is -0.255 e. The van der Waals surface area contributed by atoms with Crippen molar-refractivity contribution in [1.29, 1.82) is 0 Å². The lowest BCUT2D eigenvalue weighted by atomic mass is 10.1. The van der Waals surface area contributed by atoms with E-state index >= 15 is 0 Å². The van der Waals surface area contributed by atoms with Gasteiger partial charge in [0.15, 0.2) is 0 Å². The van der Waals surface area contributed by atoms with Gasteiger partial charge in [0.2, 0.25) is 0 Å². The zero-order chi connectivity index (χ0) is 17.1. The minimum absolute atomic E-state index is 0.925. The number of nitrogens with zero attached hydrogens (tertiary/aromatic N) is 4. The minimum atomic E-state index is 0.925. The molecule has 0 atom stereocenters. The summed E-state index contributed by atoms with van der Waals surface area (Å²) < 4.78 is 2.35. The second-order valence-electron chi connectivity index (χ2n) is 6.05. The van der Waals surface area contributed by atoms with Gasteiger partial charge in [0.05, 0.1) is 15.9 Å². The summed E-state index contributed by atoms with van der Waals surface area (Å²) in [7, 11) is 0. The van der Waals surface area contributed by atoms with Gasteiger partial charge in [-0.05, 0) is 36.4 Å². The van der Waals surface area contributed by atoms with Crippen molar-refractivity contribution in [1.82, 2.24) is 19.9 Å². The van der Waals surface area contributed by atoms with E-state index in [4.69, 9.17) is 4.98 Å². The van der Waals surface area contributed by atoms with E-state index in [-0.39, 0.29) is 0 Å². The van der Waals surface area contributed by atoms with Gasteiger partial charge in [-0.3, -0.25) is 9.97 Å². The summed E-state index contributed by atoms with van der Waals surface area (Å²) in [5.41, 5.74) is 2.94. The molecule has 6 aromatic heterocycles. The first-order valence-corrected chi connectivity index (χ1v) is 9.77. The van der Waals surface area contributed by atoms with E-state index in [0.717, 1.165) is 47.3 Å². The van der Waals surface area contributed by atoms with Crippen molar-refractivity contribution in [3.63, 3.8) is 0 Å². The lowest BCUT2D eigenvalue weighted by Crippen LogP contribution is -1.84. The van der Waals surface area contributed by atoms with Gasteiger partial charge in [-0.2, -0.15) is 0 Å². The Bertz CT molecular complexity index is 1450. The Morgan fingerprint density at radius 3 is 2.50 bits per heavy atom. The van der Waals surface area contributed by atoms with Crippen LogP contribution in [0.15, 0.2) is 61.2 Å². The molecule has 0 saturated carbocycles. The largest absolute Gasteiger partial charge is 0.255 e. The monoisotopic (exact) mass is 370 g/mol. The summed E-state index contributed by atoms with van der Waals surface area (Å²) in [5, 5.41) is 3.40. The molecule has 122 valence electrons. The summed E-state index contributed by atoms with van der Waals surface area (Å²) in [5.74, 6) is 0. The molecule has 4 nitrogen and oxygen atoms in total. The predicted octanol–water partition coefficient (Wildman–Crippen LogP) is 5.67. The highest BCUT2D eigenvalue weighted by molar-refractivity contribution is 7.25. The van der Waals surface area contributed by atoms with E-state index in [2.05, 4.69) is 39.2 Å². The van der Waals surface area contributed by atoms with Gasteiger partial charge in [-0.1, -0.05) is 0 Å². The summed E-state index contributed by atoms with van der Waals surface area (Å²) >= 11 is 3.37. The molecule has 0 bridgehead atoms. The van der Waals surface area contributed by atoms with Crippen molar-refractivity contribution in [3.05, 3.63) is 61.2 Å². The maximum atomic E-state index is 4.69. The normalized spacial score (nSPS) is 11.8. The molecule has 0 fully saturated rings. The highest BCUT2D eigenvalue weighted by Gasteiger charge is 2.11. The fraction of sp³-hybridized carbons (Fsp3) is 0. The highest BCUT2D eigenvalue weighted by Crippen LogP contribution is 2.36. The molecule has 0 amide bonds. The van der Waals surface area contributed by atoms with Gasteiger partial charge in [0.1, 0.15) is 9.66 Å². The molecule has 0 radical (unpaired) electrons. The van der Waals surface area contributed by atoms with Crippen LogP contribution in [0.5, 0.6) is 0 Å². The maximum absolute atomic E-state index is 4.69. The van der Waals surface area contributed by atoms with E-state index in [0.29, 0.717) is 0 Å². The third-order valence-electron chi connectivity index (χ3n) is 4.51. The third kappa shape index (κ3) is 2.00. The van der Waals surface area contributed by atoms with Crippen LogP contribution in [0, 0.1) is 0 Å². The van der Waals surface area contributed by atoms with Crippen molar-refractivity contribution in [2.75, 3.05) is 0 Å². The van der Waals surface area contributed by atoms with Crippen molar-refractivity contribution >= 4 is 63.4 Å². The zero-order valence-electron chi connectivity index (χ0n) is 13.4. The van der Waals surface area contributed by atoms with E-state index in [9.17, 15) is 0 Å². The van der Waals surface area contributed by atoms with E-state index in [1.807, 2.05) is 36.9 Å². The van der Waals surface area contributed by atoms with Crippen LogP contribution in [0.3, 0.4) is 0 Å². The fourth-order valence-corrected chi connectivity index (χ4v) is 5.32. The van der Waals surface area contributed by atoms with Crippen molar-refractivity contribution in [2.45, 2.75) is 0 Å². The molecule has 0 aliphatic heterocycles. The first kappa shape index (κ1) is 14.2. The van der Waals surface area contributed by atoms with Crippen LogP contribution in [0.4, 0.5) is 0 Å². The van der Waals surface area contributed by atoms with Gasteiger partial charge in [0, 0.05) is 51.2 Å². The molecule has 0 saturated heterocycles. The molecule has 0 aliphatic rings. The topological polar surface area (TPSA) is 51.6 Å². The molecule has 0 spiro atoms. The van der Waals surface area contributed by atoms with Crippen molar-refractivity contribution < 1.29 is 0 Å². The smallest absolute Gasteiger partial charge is 0.126 e. The standard InChI is InChI=1S/C20H10N4S2/c1-3-12-14-10-23-15(8-17(14)26-19(12)22-6-1)11-7-13-18-16(4-2-5-21-18)25-20(13)24-9-11/h1-10H. The molecular formula is C20H10N4S2. The quantitative estimate of drug-likeness (QED) is 0.374. The van der Waals surface area contributed by atoms with Crippen LogP contribution in [-0.2, 0) is 0 Å². The second-order valence-corrected chi connectivity index (χ2v) is 8.11. The van der Waals surface area contributed by atoms with Gasteiger partial charge in [-0.15, -0.1) is 22.7 Å². The number of aromatic nitrogens is 4. The highest BCUT2D eigenvalue weighted by atomic mass is 32.1. The molecule has 0 unspecified atom stereocenters. The van der Waals surface area contributed by atoms with Crippen LogP contribution in [0.2, 0.25) is 0 Å². The van der Waals surface area contributed by atoms with Crippen molar-refractivity contribution in [3.8, 4) is 11.3 Å². The Balaban J connectivity index is 1.59. The lowest BCUT2D eigenvalue weighted by molar-refractivity contribution is 1.34. The Morgan fingerprint density at radius 1 is 0.654 bits per heavy atom. The Kier molecular flexibility index (Phi) is 2.88. The summed E-state index contributed by atoms with van der Waals surface area (Å²) in [6, 6.07) is 12.4. The predicted molar refractivity (Wildman–Crippen MR) is 109 cm³/mol. The van der Waals surface area contributed by atoms with Gasteiger partial charge < -0.3 is 0 Å². The average molecular weight is 370 g/mol. The number of hydrogen-bond acceptors (Lipinski definition) is 6. The number of thiophene rings is 2. The van der Waals surface area contributed by atoms with Crippen LogP contribution in [0.1, 0.15) is 0 Å². The Morgan fingerprint density at radius 2 is 1.50 bits per heavy atom. The molecule has 0 aromatic carbocycles. The zero-order valence-corrected chi connectivity index (χ0v) is 15.0. The molecule has 26 heavy (non-hydrogen) atoms. The van der Waals surface area contributed by atoms with E-state index in [1.165, 1.54) is 4.70 Å². The fourth-order valence-electron chi connectivity index (χ4n) is 3.29. The second kappa shape index (κ2) is 5.27. The molecule has 0 N–H and O–H groups in total. The maximum Gasteiger partial charge on any atom is 0.126 e. The summed E-state index contributed by atoms with van der Waals surface area (Å²) in [4.78, 5) is 20.4. The molecular weight excluding hydrogens is 360 g/mol. The molecule has 6 rings (SSSR count). The van der Waals surface area contributed by atoms with E-state index < -0.39 is 0 Å². The Hall–Kier alpha value is -2.96. The number of pyridine rings is 4. The van der Waals surface area contributed by atoms with Crippen LogP contribution >= 0.6 is 22.7 Å². The van der Waals surface area contributed by atoms with Gasteiger partial charge in [0.25, 0.3) is 0 Å². The van der Waals surface area contributed by atoms with E-state index in [1.54, 1.807) is 22.7 Å². The Labute approximate surface area is 155 Å². The molecule has 6 heterocycles. The first-order chi connectivity index (χ1) is 12.9. The lowest BCUT2D eigenvalue weighted by Gasteiger charge is -2.01. The van der Waals surface area contributed by atoms with Gasteiger partial charge in [-0.25, -0.2) is 9.97 Å².